The molecule has 0 amide bonds. The van der Waals surface area contributed by atoms with Crippen LogP contribution in [0.1, 0.15) is 21.5 Å². The highest BCUT2D eigenvalue weighted by atomic mass is 35.5. The number of carbonyl (C=O) groups is 1. The molecule has 2 aromatic carbocycles. The molecule has 6 heteroatoms. The summed E-state index contributed by atoms with van der Waals surface area (Å²) in [6.07, 6.45) is 0. The smallest absolute Gasteiger partial charge is 0.336 e. The Morgan fingerprint density at radius 1 is 1.17 bits per heavy atom. The highest BCUT2D eigenvalue weighted by Gasteiger charge is 2.11. The molecule has 0 heterocycles. The minimum Gasteiger partial charge on any atom is -0.497 e. The molecule has 0 unspecified atom stereocenters. The van der Waals surface area contributed by atoms with E-state index in [-0.39, 0.29) is 12.4 Å². The maximum absolute atomic E-state index is 11.2. The van der Waals surface area contributed by atoms with Crippen molar-refractivity contribution in [2.24, 2.45) is 0 Å². The van der Waals surface area contributed by atoms with Gasteiger partial charge in [0.15, 0.2) is 0 Å². The second-order valence-corrected chi connectivity index (χ2v) is 4.81. The predicted molar refractivity (Wildman–Crippen MR) is 92.3 cm³/mol. The summed E-state index contributed by atoms with van der Waals surface area (Å²) in [5.74, 6) is 0.520. The van der Waals surface area contributed by atoms with E-state index in [1.807, 2.05) is 24.3 Å². The van der Waals surface area contributed by atoms with Gasteiger partial charge in [-0.05, 0) is 36.8 Å². The van der Waals surface area contributed by atoms with E-state index in [1.165, 1.54) is 0 Å². The van der Waals surface area contributed by atoms with Crippen LogP contribution in [0.4, 0.5) is 5.69 Å². The van der Waals surface area contributed by atoms with Crippen LogP contribution in [0.2, 0.25) is 0 Å². The number of benzene rings is 2. The van der Waals surface area contributed by atoms with Gasteiger partial charge in [-0.3, -0.25) is 0 Å². The van der Waals surface area contributed by atoms with Crippen molar-refractivity contribution in [1.82, 2.24) is 0 Å². The fourth-order valence-corrected chi connectivity index (χ4v) is 2.25. The average Bonchev–Trinajstić information content (AvgIpc) is 2.53. The highest BCUT2D eigenvalue weighted by molar-refractivity contribution is 5.91. The standard InChI is InChI=1S/C17H19NO4.ClH/c1-11-14(17(19)20)5-4-6-15(11)18-10-12-7-8-13(21-2)9-16(12)22-3;/h4-9,18H,10H2,1-3H3,(H,19,20);1H. The molecule has 0 fully saturated rings. The van der Waals surface area contributed by atoms with Crippen LogP contribution in [0, 0.1) is 6.92 Å². The van der Waals surface area contributed by atoms with Crippen LogP contribution in [0.3, 0.4) is 0 Å². The maximum atomic E-state index is 11.2. The zero-order valence-corrected chi connectivity index (χ0v) is 14.1. The Morgan fingerprint density at radius 2 is 1.91 bits per heavy atom. The van der Waals surface area contributed by atoms with Gasteiger partial charge in [0, 0.05) is 23.9 Å². The second kappa shape index (κ2) is 8.29. The van der Waals surface area contributed by atoms with Crippen molar-refractivity contribution in [2.45, 2.75) is 13.5 Å². The molecule has 0 spiro atoms. The Balaban J connectivity index is 0.00000264. The van der Waals surface area contributed by atoms with Crippen LogP contribution in [0.15, 0.2) is 36.4 Å². The Bertz CT molecular complexity index is 688. The van der Waals surface area contributed by atoms with Gasteiger partial charge < -0.3 is 19.9 Å². The number of aromatic carboxylic acids is 1. The summed E-state index contributed by atoms with van der Waals surface area (Å²) in [5, 5.41) is 12.4. The highest BCUT2D eigenvalue weighted by Crippen LogP contribution is 2.26. The fraction of sp³-hybridized carbons (Fsp3) is 0.235. The molecule has 0 radical (unpaired) electrons. The first-order chi connectivity index (χ1) is 10.6. The minimum atomic E-state index is -0.928. The number of halogens is 1. The normalized spacial score (nSPS) is 9.70. The number of hydrogen-bond acceptors (Lipinski definition) is 4. The molecule has 0 saturated carbocycles. The number of anilines is 1. The van der Waals surface area contributed by atoms with Crippen LogP contribution < -0.4 is 14.8 Å². The third kappa shape index (κ3) is 4.29. The molecule has 2 rings (SSSR count). The van der Waals surface area contributed by atoms with Gasteiger partial charge >= 0.3 is 5.97 Å². The van der Waals surface area contributed by atoms with E-state index in [1.54, 1.807) is 33.3 Å². The summed E-state index contributed by atoms with van der Waals surface area (Å²) >= 11 is 0. The summed E-state index contributed by atoms with van der Waals surface area (Å²) in [5.41, 5.74) is 2.76. The summed E-state index contributed by atoms with van der Waals surface area (Å²) < 4.78 is 10.5. The van der Waals surface area contributed by atoms with E-state index < -0.39 is 5.97 Å². The van der Waals surface area contributed by atoms with Crippen molar-refractivity contribution in [2.75, 3.05) is 19.5 Å². The van der Waals surface area contributed by atoms with Crippen molar-refractivity contribution in [3.05, 3.63) is 53.1 Å². The lowest BCUT2D eigenvalue weighted by Gasteiger charge is -2.14. The molecule has 0 aliphatic carbocycles. The lowest BCUT2D eigenvalue weighted by molar-refractivity contribution is 0.0696. The SMILES string of the molecule is COc1ccc(CNc2cccc(C(=O)O)c2C)c(OC)c1.Cl. The van der Waals surface area contributed by atoms with Gasteiger partial charge in [-0.25, -0.2) is 4.79 Å². The summed E-state index contributed by atoms with van der Waals surface area (Å²) in [6, 6.07) is 10.8. The second-order valence-electron chi connectivity index (χ2n) is 4.81. The Kier molecular flexibility index (Phi) is 6.72. The topological polar surface area (TPSA) is 67.8 Å². The van der Waals surface area contributed by atoms with Crippen molar-refractivity contribution < 1.29 is 19.4 Å². The summed E-state index contributed by atoms with van der Waals surface area (Å²) in [4.78, 5) is 11.2. The average molecular weight is 338 g/mol. The molecule has 124 valence electrons. The molecule has 0 aliphatic heterocycles. The largest absolute Gasteiger partial charge is 0.497 e. The predicted octanol–water partition coefficient (Wildman–Crippen LogP) is 3.74. The molecule has 5 nitrogen and oxygen atoms in total. The third-order valence-electron chi connectivity index (χ3n) is 3.53. The maximum Gasteiger partial charge on any atom is 0.336 e. The molecular formula is C17H20ClNO4. The molecule has 0 aliphatic rings. The number of ether oxygens (including phenoxy) is 2. The van der Waals surface area contributed by atoms with Crippen LogP contribution in [0.25, 0.3) is 0 Å². The van der Waals surface area contributed by atoms with Crippen molar-refractivity contribution >= 4 is 24.1 Å². The number of nitrogens with one attached hydrogen (secondary N) is 1. The number of methoxy groups -OCH3 is 2. The fourth-order valence-electron chi connectivity index (χ4n) is 2.25. The first kappa shape index (κ1) is 18.6. The Labute approximate surface area is 141 Å². The van der Waals surface area contributed by atoms with Crippen molar-refractivity contribution in [3.8, 4) is 11.5 Å². The van der Waals surface area contributed by atoms with E-state index in [9.17, 15) is 4.79 Å². The van der Waals surface area contributed by atoms with Crippen LogP contribution in [-0.2, 0) is 6.54 Å². The lowest BCUT2D eigenvalue weighted by Crippen LogP contribution is -2.06. The first-order valence-corrected chi connectivity index (χ1v) is 6.84. The number of rotatable bonds is 6. The molecule has 23 heavy (non-hydrogen) atoms. The zero-order valence-electron chi connectivity index (χ0n) is 13.3. The van der Waals surface area contributed by atoms with E-state index >= 15 is 0 Å². The van der Waals surface area contributed by atoms with E-state index in [0.29, 0.717) is 17.7 Å². The Morgan fingerprint density at radius 3 is 2.52 bits per heavy atom. The van der Waals surface area contributed by atoms with E-state index in [2.05, 4.69) is 5.32 Å². The number of carboxylic acids is 1. The van der Waals surface area contributed by atoms with E-state index in [4.69, 9.17) is 14.6 Å². The van der Waals surface area contributed by atoms with Gasteiger partial charge in [-0.15, -0.1) is 12.4 Å². The van der Waals surface area contributed by atoms with Gasteiger partial charge in [-0.1, -0.05) is 6.07 Å². The van der Waals surface area contributed by atoms with Gasteiger partial charge in [0.25, 0.3) is 0 Å². The van der Waals surface area contributed by atoms with Crippen LogP contribution in [0.5, 0.6) is 11.5 Å². The van der Waals surface area contributed by atoms with Gasteiger partial charge in [0.05, 0.1) is 19.8 Å². The molecule has 2 N–H and O–H groups in total. The monoisotopic (exact) mass is 337 g/mol. The van der Waals surface area contributed by atoms with Gasteiger partial charge in [0.1, 0.15) is 11.5 Å². The molecule has 0 bridgehead atoms. The molecule has 0 saturated heterocycles. The summed E-state index contributed by atoms with van der Waals surface area (Å²) in [7, 11) is 3.21. The molecule has 0 aromatic heterocycles. The number of hydrogen-bond donors (Lipinski definition) is 2. The first-order valence-electron chi connectivity index (χ1n) is 6.84. The zero-order chi connectivity index (χ0) is 16.1. The van der Waals surface area contributed by atoms with Crippen molar-refractivity contribution in [1.29, 1.82) is 0 Å². The molecular weight excluding hydrogens is 318 g/mol. The van der Waals surface area contributed by atoms with E-state index in [0.717, 1.165) is 22.7 Å². The third-order valence-corrected chi connectivity index (χ3v) is 3.53. The lowest BCUT2D eigenvalue weighted by atomic mass is 10.1. The summed E-state index contributed by atoms with van der Waals surface area (Å²) in [6.45, 7) is 2.31. The van der Waals surface area contributed by atoms with Crippen LogP contribution >= 0.6 is 12.4 Å². The van der Waals surface area contributed by atoms with Gasteiger partial charge in [-0.2, -0.15) is 0 Å². The number of carboxylic acid groups (broad SMARTS) is 1. The van der Waals surface area contributed by atoms with Crippen molar-refractivity contribution in [3.63, 3.8) is 0 Å². The molecule has 0 atom stereocenters. The Hall–Kier alpha value is -2.40. The van der Waals surface area contributed by atoms with Crippen LogP contribution in [-0.4, -0.2) is 25.3 Å². The quantitative estimate of drug-likeness (QED) is 0.840. The minimum absolute atomic E-state index is 0. The molecule has 2 aromatic rings. The van der Waals surface area contributed by atoms with Gasteiger partial charge in [0.2, 0.25) is 0 Å².